The number of halogens is 1. The summed E-state index contributed by atoms with van der Waals surface area (Å²) in [5.74, 6) is 0.130. The van der Waals surface area contributed by atoms with E-state index in [1.54, 1.807) is 0 Å². The summed E-state index contributed by atoms with van der Waals surface area (Å²) < 4.78 is 0. The third-order valence-corrected chi connectivity index (χ3v) is 1.76. The van der Waals surface area contributed by atoms with Gasteiger partial charge < -0.3 is 17.2 Å². The van der Waals surface area contributed by atoms with Crippen molar-refractivity contribution >= 4 is 23.3 Å². The molecule has 0 spiro atoms. The van der Waals surface area contributed by atoms with Crippen molar-refractivity contribution in [2.24, 2.45) is 22.2 Å². The molecule has 0 unspecified atom stereocenters. The SMILES string of the molecule is NC(=O)[C@@H](N)CCCN=C(N)CCl. The van der Waals surface area contributed by atoms with Crippen LogP contribution < -0.4 is 17.2 Å². The van der Waals surface area contributed by atoms with E-state index < -0.39 is 11.9 Å². The molecule has 6 N–H and O–H groups in total. The first-order valence-corrected chi connectivity index (χ1v) is 4.51. The first-order chi connectivity index (χ1) is 6.07. The number of carbonyl (C=O) groups is 1. The molecular formula is C7H15ClN4O. The first-order valence-electron chi connectivity index (χ1n) is 3.97. The zero-order valence-corrected chi connectivity index (χ0v) is 8.13. The van der Waals surface area contributed by atoms with Crippen molar-refractivity contribution in [1.29, 1.82) is 0 Å². The lowest BCUT2D eigenvalue weighted by atomic mass is 10.1. The molecule has 0 saturated carbocycles. The number of rotatable bonds is 6. The average molecular weight is 207 g/mol. The Labute approximate surface area is 82.3 Å². The van der Waals surface area contributed by atoms with Gasteiger partial charge in [-0.2, -0.15) is 0 Å². The molecule has 0 bridgehead atoms. The average Bonchev–Trinajstić information content (AvgIpc) is 2.11. The fourth-order valence-corrected chi connectivity index (χ4v) is 0.803. The lowest BCUT2D eigenvalue weighted by molar-refractivity contribution is -0.119. The minimum absolute atomic E-state index is 0.224. The number of carbonyl (C=O) groups excluding carboxylic acids is 1. The fourth-order valence-electron chi connectivity index (χ4n) is 0.718. The Morgan fingerprint density at radius 1 is 1.46 bits per heavy atom. The van der Waals surface area contributed by atoms with Crippen LogP contribution in [0.5, 0.6) is 0 Å². The van der Waals surface area contributed by atoms with Crippen LogP contribution in [-0.2, 0) is 4.79 Å². The van der Waals surface area contributed by atoms with E-state index in [2.05, 4.69) is 4.99 Å². The highest BCUT2D eigenvalue weighted by molar-refractivity contribution is 6.27. The van der Waals surface area contributed by atoms with Gasteiger partial charge in [0.05, 0.1) is 11.9 Å². The molecule has 0 aromatic heterocycles. The minimum Gasteiger partial charge on any atom is -0.386 e. The molecule has 6 heteroatoms. The van der Waals surface area contributed by atoms with Crippen LogP contribution in [0.25, 0.3) is 0 Å². The lowest BCUT2D eigenvalue weighted by Crippen LogP contribution is -2.36. The maximum absolute atomic E-state index is 10.5. The van der Waals surface area contributed by atoms with Gasteiger partial charge in [-0.15, -0.1) is 11.6 Å². The molecule has 0 aromatic rings. The summed E-state index contributed by atoms with van der Waals surface area (Å²) in [6.07, 6.45) is 1.20. The molecule has 0 aromatic carbocycles. The Balaban J connectivity index is 3.51. The van der Waals surface area contributed by atoms with E-state index in [0.717, 1.165) is 0 Å². The molecule has 0 saturated heterocycles. The summed E-state index contributed by atoms with van der Waals surface area (Å²) in [6, 6.07) is -0.590. The maximum atomic E-state index is 10.5. The molecule has 76 valence electrons. The summed E-state index contributed by atoms with van der Waals surface area (Å²) in [4.78, 5) is 14.4. The smallest absolute Gasteiger partial charge is 0.234 e. The van der Waals surface area contributed by atoms with Gasteiger partial charge >= 0.3 is 0 Å². The predicted molar refractivity (Wildman–Crippen MR) is 53.6 cm³/mol. The van der Waals surface area contributed by atoms with Crippen molar-refractivity contribution in [1.82, 2.24) is 0 Å². The minimum atomic E-state index is -0.590. The van der Waals surface area contributed by atoms with Crippen molar-refractivity contribution in [3.63, 3.8) is 0 Å². The van der Waals surface area contributed by atoms with Crippen molar-refractivity contribution in [3.8, 4) is 0 Å². The predicted octanol–water partition coefficient (Wildman–Crippen LogP) is -0.825. The van der Waals surface area contributed by atoms with E-state index in [4.69, 9.17) is 28.8 Å². The Hall–Kier alpha value is -0.810. The highest BCUT2D eigenvalue weighted by Crippen LogP contribution is 1.94. The Bertz CT molecular complexity index is 195. The van der Waals surface area contributed by atoms with Gasteiger partial charge in [0.25, 0.3) is 0 Å². The van der Waals surface area contributed by atoms with Crippen molar-refractivity contribution < 1.29 is 4.79 Å². The number of nitrogens with zero attached hydrogens (tertiary/aromatic N) is 1. The number of aliphatic imine (C=N–C) groups is 1. The molecule has 0 heterocycles. The Kier molecular flexibility index (Phi) is 6.26. The molecule has 0 radical (unpaired) electrons. The standard InChI is InChI=1S/C7H15ClN4O/c8-4-6(10)12-3-1-2-5(9)7(11)13/h5H,1-4,9H2,(H2,10,12)(H2,11,13)/t5-/m0/s1. The van der Waals surface area contributed by atoms with E-state index in [1.165, 1.54) is 0 Å². The van der Waals surface area contributed by atoms with E-state index in [0.29, 0.717) is 25.2 Å². The molecule has 0 fully saturated rings. The number of amides is 1. The number of nitrogens with two attached hydrogens (primary N) is 3. The van der Waals surface area contributed by atoms with E-state index in [1.807, 2.05) is 0 Å². The van der Waals surface area contributed by atoms with E-state index >= 15 is 0 Å². The van der Waals surface area contributed by atoms with E-state index in [-0.39, 0.29) is 5.88 Å². The molecule has 0 aliphatic rings. The fraction of sp³-hybridized carbons (Fsp3) is 0.714. The van der Waals surface area contributed by atoms with Crippen LogP contribution in [0, 0.1) is 0 Å². The van der Waals surface area contributed by atoms with Gasteiger partial charge in [-0.1, -0.05) is 0 Å². The monoisotopic (exact) mass is 206 g/mol. The molecule has 1 amide bonds. The van der Waals surface area contributed by atoms with Crippen molar-refractivity contribution in [2.45, 2.75) is 18.9 Å². The number of amidine groups is 1. The van der Waals surface area contributed by atoms with Crippen LogP contribution >= 0.6 is 11.6 Å². The normalized spacial score (nSPS) is 14.2. The Morgan fingerprint density at radius 2 is 2.08 bits per heavy atom. The molecule has 1 atom stereocenters. The third-order valence-electron chi connectivity index (χ3n) is 1.49. The molecule has 0 aliphatic carbocycles. The second-order valence-corrected chi connectivity index (χ2v) is 2.93. The van der Waals surface area contributed by atoms with E-state index in [9.17, 15) is 4.79 Å². The zero-order valence-electron chi connectivity index (χ0n) is 7.37. The topological polar surface area (TPSA) is 107 Å². The summed E-state index contributed by atoms with van der Waals surface area (Å²) in [5, 5.41) is 0. The van der Waals surface area contributed by atoms with Gasteiger partial charge in [0.15, 0.2) is 0 Å². The summed E-state index contributed by atoms with van der Waals surface area (Å²) in [7, 11) is 0. The quantitative estimate of drug-likeness (QED) is 0.229. The van der Waals surface area contributed by atoms with Crippen LogP contribution in [0.4, 0.5) is 0 Å². The summed E-state index contributed by atoms with van der Waals surface area (Å²) in [5.41, 5.74) is 15.7. The van der Waals surface area contributed by atoms with Gasteiger partial charge in [0.1, 0.15) is 5.84 Å². The molecule has 5 nitrogen and oxygen atoms in total. The van der Waals surface area contributed by atoms with Crippen LogP contribution in [0.2, 0.25) is 0 Å². The van der Waals surface area contributed by atoms with Crippen molar-refractivity contribution in [2.75, 3.05) is 12.4 Å². The second-order valence-electron chi connectivity index (χ2n) is 2.66. The highest BCUT2D eigenvalue weighted by atomic mass is 35.5. The first kappa shape index (κ1) is 12.2. The van der Waals surface area contributed by atoms with Crippen LogP contribution in [0.1, 0.15) is 12.8 Å². The second kappa shape index (κ2) is 6.68. The van der Waals surface area contributed by atoms with Crippen LogP contribution in [-0.4, -0.2) is 30.2 Å². The van der Waals surface area contributed by atoms with Crippen molar-refractivity contribution in [3.05, 3.63) is 0 Å². The zero-order chi connectivity index (χ0) is 10.3. The molecule has 0 aliphatic heterocycles. The largest absolute Gasteiger partial charge is 0.386 e. The van der Waals surface area contributed by atoms with Gasteiger partial charge in [-0.3, -0.25) is 9.79 Å². The molecule has 0 rings (SSSR count). The molecular weight excluding hydrogens is 192 g/mol. The van der Waals surface area contributed by atoms with Crippen LogP contribution in [0.15, 0.2) is 4.99 Å². The number of alkyl halides is 1. The van der Waals surface area contributed by atoms with Crippen LogP contribution in [0.3, 0.4) is 0 Å². The summed E-state index contributed by atoms with van der Waals surface area (Å²) >= 11 is 5.39. The van der Waals surface area contributed by atoms with Gasteiger partial charge in [-0.25, -0.2) is 0 Å². The highest BCUT2D eigenvalue weighted by Gasteiger charge is 2.07. The maximum Gasteiger partial charge on any atom is 0.234 e. The Morgan fingerprint density at radius 3 is 2.54 bits per heavy atom. The lowest BCUT2D eigenvalue weighted by Gasteiger charge is -2.04. The number of hydrogen-bond donors (Lipinski definition) is 3. The van der Waals surface area contributed by atoms with Gasteiger partial charge in [0, 0.05) is 6.54 Å². The van der Waals surface area contributed by atoms with Gasteiger partial charge in [-0.05, 0) is 12.8 Å². The van der Waals surface area contributed by atoms with Gasteiger partial charge in [0.2, 0.25) is 5.91 Å². The number of primary amides is 1. The third kappa shape index (κ3) is 6.36. The molecule has 13 heavy (non-hydrogen) atoms. The number of hydrogen-bond acceptors (Lipinski definition) is 3. The summed E-state index contributed by atoms with van der Waals surface area (Å²) in [6.45, 7) is 0.527.